The second kappa shape index (κ2) is 9.19. The smallest absolute Gasteiger partial charge is 0.296 e. The van der Waals surface area contributed by atoms with E-state index < -0.39 is 10.8 Å². The van der Waals surface area contributed by atoms with E-state index in [2.05, 4.69) is 5.32 Å². The molecule has 0 unspecified atom stereocenters. The highest BCUT2D eigenvalue weighted by atomic mass is 16.6. The van der Waals surface area contributed by atoms with E-state index in [1.807, 2.05) is 6.07 Å². The van der Waals surface area contributed by atoms with E-state index in [0.717, 1.165) is 0 Å². The molecule has 1 N–H and O–H groups in total. The van der Waals surface area contributed by atoms with Gasteiger partial charge in [0.15, 0.2) is 0 Å². The number of hydrogen-bond acceptors (Lipinski definition) is 7. The zero-order valence-corrected chi connectivity index (χ0v) is 14.2. The molecular weight excluding hydrogens is 340 g/mol. The lowest BCUT2D eigenvalue weighted by atomic mass is 10.2. The Kier molecular flexibility index (Phi) is 6.70. The average molecular weight is 358 g/mol. The third-order valence-electron chi connectivity index (χ3n) is 3.54. The second-order valence-corrected chi connectivity index (χ2v) is 5.39. The molecule has 0 aliphatic carbocycles. The molecule has 2 rings (SSSR count). The molecule has 0 radical (unpaired) electrons. The average Bonchev–Trinajstić information content (AvgIpc) is 3.12. The van der Waals surface area contributed by atoms with Crippen LogP contribution in [-0.2, 0) is 11.3 Å². The lowest BCUT2D eigenvalue weighted by Gasteiger charge is -2.19. The molecule has 2 aromatic rings. The third-order valence-corrected chi connectivity index (χ3v) is 3.54. The minimum absolute atomic E-state index is 0.0361. The number of ether oxygens (including phenoxy) is 1. The van der Waals surface area contributed by atoms with Crippen LogP contribution < -0.4 is 10.1 Å². The number of anilines is 1. The summed E-state index contributed by atoms with van der Waals surface area (Å²) in [6.07, 6.45) is 1.77. The molecule has 0 aliphatic rings. The number of hydrogen-bond donors (Lipinski definition) is 1. The Bertz CT molecular complexity index is 798. The van der Waals surface area contributed by atoms with Gasteiger partial charge in [-0.05, 0) is 24.3 Å². The summed E-state index contributed by atoms with van der Waals surface area (Å²) in [6.45, 7) is 0.688. The van der Waals surface area contributed by atoms with Gasteiger partial charge >= 0.3 is 0 Å². The SMILES string of the molecule is COc1ccc(NC(=O)CN(CCC#N)Cc2ccco2)c([N+](=O)[O-])c1. The Hall–Kier alpha value is -3.38. The number of carbonyl (C=O) groups is 1. The fraction of sp³-hybridized carbons (Fsp3) is 0.294. The summed E-state index contributed by atoms with van der Waals surface area (Å²) in [7, 11) is 1.40. The zero-order valence-electron chi connectivity index (χ0n) is 14.2. The van der Waals surface area contributed by atoms with Gasteiger partial charge in [-0.25, -0.2) is 0 Å². The first-order valence-electron chi connectivity index (χ1n) is 7.77. The molecule has 0 fully saturated rings. The van der Waals surface area contributed by atoms with Crippen molar-refractivity contribution in [3.63, 3.8) is 0 Å². The first-order valence-corrected chi connectivity index (χ1v) is 7.77. The van der Waals surface area contributed by atoms with Crippen molar-refractivity contribution in [2.24, 2.45) is 0 Å². The van der Waals surface area contributed by atoms with Gasteiger partial charge < -0.3 is 14.5 Å². The maximum Gasteiger partial charge on any atom is 0.296 e. The molecule has 0 bridgehead atoms. The molecule has 0 atom stereocenters. The number of nitro groups is 1. The summed E-state index contributed by atoms with van der Waals surface area (Å²) < 4.78 is 10.2. The number of furan rings is 1. The van der Waals surface area contributed by atoms with Crippen LogP contribution in [0, 0.1) is 21.4 Å². The number of nitriles is 1. The molecule has 9 heteroatoms. The van der Waals surface area contributed by atoms with Gasteiger partial charge in [0, 0.05) is 13.0 Å². The van der Waals surface area contributed by atoms with Crippen molar-refractivity contribution in [1.82, 2.24) is 4.90 Å². The number of rotatable bonds is 9. The fourth-order valence-corrected chi connectivity index (χ4v) is 2.33. The van der Waals surface area contributed by atoms with E-state index in [1.54, 1.807) is 17.0 Å². The summed E-state index contributed by atoms with van der Waals surface area (Å²) in [5.41, 5.74) is -0.175. The molecule has 1 aromatic carbocycles. The van der Waals surface area contributed by atoms with E-state index in [1.165, 1.54) is 31.6 Å². The van der Waals surface area contributed by atoms with Crippen LogP contribution in [0.5, 0.6) is 5.75 Å². The van der Waals surface area contributed by atoms with Crippen LogP contribution in [0.4, 0.5) is 11.4 Å². The van der Waals surface area contributed by atoms with Crippen molar-refractivity contribution < 1.29 is 18.9 Å². The third kappa shape index (κ3) is 5.32. The van der Waals surface area contributed by atoms with Crippen LogP contribution in [0.25, 0.3) is 0 Å². The van der Waals surface area contributed by atoms with Crippen LogP contribution in [0.15, 0.2) is 41.0 Å². The topological polar surface area (TPSA) is 122 Å². The minimum Gasteiger partial charge on any atom is -0.496 e. The zero-order chi connectivity index (χ0) is 18.9. The molecule has 9 nitrogen and oxygen atoms in total. The largest absolute Gasteiger partial charge is 0.496 e. The molecule has 0 saturated heterocycles. The first kappa shape index (κ1) is 19.0. The van der Waals surface area contributed by atoms with E-state index in [9.17, 15) is 14.9 Å². The monoisotopic (exact) mass is 358 g/mol. The molecule has 136 valence electrons. The van der Waals surface area contributed by atoms with Gasteiger partial charge in [0.05, 0.1) is 43.5 Å². The van der Waals surface area contributed by atoms with Crippen LogP contribution in [0.1, 0.15) is 12.2 Å². The van der Waals surface area contributed by atoms with Gasteiger partial charge in [0.2, 0.25) is 5.91 Å². The van der Waals surface area contributed by atoms with Crippen molar-refractivity contribution in [2.45, 2.75) is 13.0 Å². The number of amides is 1. The maximum atomic E-state index is 12.3. The first-order chi connectivity index (χ1) is 12.5. The van der Waals surface area contributed by atoms with Gasteiger partial charge in [-0.15, -0.1) is 0 Å². The molecule has 0 saturated carbocycles. The number of nitrogens with one attached hydrogen (secondary N) is 1. The van der Waals surface area contributed by atoms with Crippen molar-refractivity contribution >= 4 is 17.3 Å². The van der Waals surface area contributed by atoms with Gasteiger partial charge in [-0.3, -0.25) is 19.8 Å². The second-order valence-electron chi connectivity index (χ2n) is 5.39. The Labute approximate surface area is 149 Å². The molecule has 26 heavy (non-hydrogen) atoms. The van der Waals surface area contributed by atoms with E-state index in [-0.39, 0.29) is 24.3 Å². The lowest BCUT2D eigenvalue weighted by molar-refractivity contribution is -0.384. The van der Waals surface area contributed by atoms with E-state index >= 15 is 0 Å². The van der Waals surface area contributed by atoms with Crippen molar-refractivity contribution in [3.8, 4) is 11.8 Å². The summed E-state index contributed by atoms with van der Waals surface area (Å²) in [6, 6.07) is 9.72. The van der Waals surface area contributed by atoms with E-state index in [4.69, 9.17) is 14.4 Å². The summed E-state index contributed by atoms with van der Waals surface area (Å²) in [5, 5.41) is 22.5. The maximum absolute atomic E-state index is 12.3. The molecule has 1 amide bonds. The lowest BCUT2D eigenvalue weighted by Crippen LogP contribution is -2.33. The normalized spacial score (nSPS) is 10.3. The van der Waals surface area contributed by atoms with Crippen LogP contribution in [-0.4, -0.2) is 35.9 Å². The van der Waals surface area contributed by atoms with Crippen LogP contribution in [0.2, 0.25) is 0 Å². The predicted molar refractivity (Wildman–Crippen MR) is 92.5 cm³/mol. The molecule has 0 aliphatic heterocycles. The number of nitrogens with zero attached hydrogens (tertiary/aromatic N) is 3. The van der Waals surface area contributed by atoms with Crippen molar-refractivity contribution in [3.05, 3.63) is 52.5 Å². The molecule has 1 aromatic heterocycles. The predicted octanol–water partition coefficient (Wildman–Crippen LogP) is 2.55. The van der Waals surface area contributed by atoms with Crippen molar-refractivity contribution in [1.29, 1.82) is 5.26 Å². The Balaban J connectivity index is 2.07. The minimum atomic E-state index is -0.589. The van der Waals surface area contributed by atoms with Crippen LogP contribution >= 0.6 is 0 Å². The van der Waals surface area contributed by atoms with Gasteiger partial charge in [0.1, 0.15) is 17.2 Å². The quantitative estimate of drug-likeness (QED) is 0.540. The highest BCUT2D eigenvalue weighted by Crippen LogP contribution is 2.28. The van der Waals surface area contributed by atoms with Crippen LogP contribution in [0.3, 0.4) is 0 Å². The van der Waals surface area contributed by atoms with E-state index in [0.29, 0.717) is 24.6 Å². The van der Waals surface area contributed by atoms with Gasteiger partial charge in [-0.2, -0.15) is 5.26 Å². The number of carbonyl (C=O) groups excluding carboxylic acids is 1. The Morgan fingerprint density at radius 2 is 2.27 bits per heavy atom. The summed E-state index contributed by atoms with van der Waals surface area (Å²) in [5.74, 6) is 0.553. The molecule has 0 spiro atoms. The number of nitro benzene ring substituents is 1. The number of methoxy groups -OCH3 is 1. The fourth-order valence-electron chi connectivity index (χ4n) is 2.33. The standard InChI is InChI=1S/C17H18N4O5/c1-25-13-5-6-15(16(10-13)21(23)24)19-17(22)12-20(8-3-7-18)11-14-4-2-9-26-14/h2,4-6,9-10H,3,8,11-12H2,1H3,(H,19,22). The van der Waals surface area contributed by atoms with Gasteiger partial charge in [0.25, 0.3) is 5.69 Å². The Morgan fingerprint density at radius 1 is 1.46 bits per heavy atom. The molecular formula is C17H18N4O5. The Morgan fingerprint density at radius 3 is 2.88 bits per heavy atom. The van der Waals surface area contributed by atoms with Crippen molar-refractivity contribution in [2.75, 3.05) is 25.5 Å². The highest BCUT2D eigenvalue weighted by Gasteiger charge is 2.19. The molecule has 1 heterocycles. The highest BCUT2D eigenvalue weighted by molar-refractivity contribution is 5.94. The summed E-state index contributed by atoms with van der Waals surface area (Å²) >= 11 is 0. The summed E-state index contributed by atoms with van der Waals surface area (Å²) in [4.78, 5) is 24.7. The number of benzene rings is 1. The van der Waals surface area contributed by atoms with Gasteiger partial charge in [-0.1, -0.05) is 0 Å².